The number of amides is 3. The van der Waals surface area contributed by atoms with Gasteiger partial charge in [0.1, 0.15) is 18.0 Å². The Kier molecular flexibility index (Phi) is 9.74. The molecule has 1 aliphatic rings. The minimum atomic E-state index is -1.28. The number of hydrogen-bond donors (Lipinski definition) is 3. The van der Waals surface area contributed by atoms with E-state index in [2.05, 4.69) is 15.6 Å². The van der Waals surface area contributed by atoms with Gasteiger partial charge in [-0.25, -0.2) is 4.98 Å². The average Bonchev–Trinajstić information content (AvgIpc) is 3.42. The second-order valence-corrected chi connectivity index (χ2v) is 9.55. The number of methoxy groups -OCH3 is 1. The highest BCUT2D eigenvalue weighted by Gasteiger charge is 2.25. The van der Waals surface area contributed by atoms with Gasteiger partial charge in [0.05, 0.1) is 20.3 Å². The molecule has 0 saturated heterocycles. The molecule has 40 heavy (non-hydrogen) atoms. The maximum absolute atomic E-state index is 13.2. The number of hydrogen-bond acceptors (Lipinski definition) is 7. The Hall–Kier alpha value is -4.38. The summed E-state index contributed by atoms with van der Waals surface area (Å²) in [5.41, 5.74) is 1.69. The fourth-order valence-electron chi connectivity index (χ4n) is 4.54. The Morgan fingerprint density at radius 3 is 2.75 bits per heavy atom. The van der Waals surface area contributed by atoms with Crippen LogP contribution in [-0.2, 0) is 27.3 Å². The van der Waals surface area contributed by atoms with Crippen LogP contribution in [0, 0.1) is 0 Å². The number of aliphatic hydroxyl groups excluding tert-OH is 1. The van der Waals surface area contributed by atoms with Crippen LogP contribution in [0.25, 0.3) is 11.4 Å². The maximum atomic E-state index is 13.2. The molecule has 0 fully saturated rings. The molecule has 3 amide bonds. The summed E-state index contributed by atoms with van der Waals surface area (Å²) in [5, 5.41) is 15.6. The van der Waals surface area contributed by atoms with Crippen molar-refractivity contribution in [3.8, 4) is 22.9 Å². The van der Waals surface area contributed by atoms with Gasteiger partial charge in [-0.2, -0.15) is 0 Å². The van der Waals surface area contributed by atoms with E-state index in [1.807, 2.05) is 53.2 Å². The monoisotopic (exact) mass is 549 g/mol. The second kappa shape index (κ2) is 13.6. The third-order valence-electron chi connectivity index (χ3n) is 6.56. The van der Waals surface area contributed by atoms with Crippen molar-refractivity contribution in [2.24, 2.45) is 0 Å². The predicted octanol–water partition coefficient (Wildman–Crippen LogP) is 1.39. The van der Waals surface area contributed by atoms with E-state index in [0.717, 1.165) is 11.1 Å². The number of nitrogens with zero attached hydrogens (tertiary/aromatic N) is 3. The van der Waals surface area contributed by atoms with Crippen molar-refractivity contribution in [1.29, 1.82) is 0 Å². The molecule has 212 valence electrons. The van der Waals surface area contributed by atoms with Gasteiger partial charge in [0.2, 0.25) is 11.8 Å². The number of aromatic nitrogens is 2. The topological polar surface area (TPSA) is 135 Å². The van der Waals surface area contributed by atoms with E-state index in [9.17, 15) is 19.5 Å². The third kappa shape index (κ3) is 7.38. The van der Waals surface area contributed by atoms with Crippen LogP contribution < -0.4 is 20.1 Å². The molecule has 3 aromatic rings. The van der Waals surface area contributed by atoms with E-state index >= 15 is 0 Å². The van der Waals surface area contributed by atoms with E-state index in [1.165, 1.54) is 11.8 Å². The zero-order valence-electron chi connectivity index (χ0n) is 22.7. The van der Waals surface area contributed by atoms with Crippen molar-refractivity contribution in [2.45, 2.75) is 38.5 Å². The first-order chi connectivity index (χ1) is 19.4. The van der Waals surface area contributed by atoms with Crippen molar-refractivity contribution < 1.29 is 29.0 Å². The van der Waals surface area contributed by atoms with Crippen molar-refractivity contribution >= 4 is 17.7 Å². The highest BCUT2D eigenvalue weighted by Crippen LogP contribution is 2.32. The quantitative estimate of drug-likeness (QED) is 0.448. The van der Waals surface area contributed by atoms with E-state index in [4.69, 9.17) is 9.47 Å². The van der Waals surface area contributed by atoms with Gasteiger partial charge in [-0.1, -0.05) is 30.3 Å². The second-order valence-electron chi connectivity index (χ2n) is 9.55. The van der Waals surface area contributed by atoms with Gasteiger partial charge in [0.25, 0.3) is 5.91 Å². The van der Waals surface area contributed by atoms with E-state index < -0.39 is 24.0 Å². The summed E-state index contributed by atoms with van der Waals surface area (Å²) in [6, 6.07) is 14.0. The summed E-state index contributed by atoms with van der Waals surface area (Å²) in [6.45, 7) is 2.20. The highest BCUT2D eigenvalue weighted by atomic mass is 16.5. The molecular weight excluding hydrogens is 514 g/mol. The smallest absolute Gasteiger partial charge is 0.251 e. The minimum Gasteiger partial charge on any atom is -0.493 e. The number of aliphatic hydroxyl groups is 1. The van der Waals surface area contributed by atoms with Crippen LogP contribution in [0.15, 0.2) is 60.9 Å². The summed E-state index contributed by atoms with van der Waals surface area (Å²) in [6.07, 6.45) is 2.91. The molecule has 11 nitrogen and oxygen atoms in total. The minimum absolute atomic E-state index is 0.166. The highest BCUT2D eigenvalue weighted by molar-refractivity contribution is 5.91. The van der Waals surface area contributed by atoms with Gasteiger partial charge in [0, 0.05) is 44.0 Å². The Bertz CT molecular complexity index is 1310. The lowest BCUT2D eigenvalue weighted by Gasteiger charge is -2.25. The van der Waals surface area contributed by atoms with Crippen molar-refractivity contribution in [1.82, 2.24) is 25.1 Å². The van der Waals surface area contributed by atoms with Gasteiger partial charge in [-0.15, -0.1) is 0 Å². The van der Waals surface area contributed by atoms with Crippen LogP contribution in [-0.4, -0.2) is 82.8 Å². The van der Waals surface area contributed by atoms with Crippen LogP contribution in [0.4, 0.5) is 0 Å². The molecule has 2 bridgehead atoms. The van der Waals surface area contributed by atoms with Crippen molar-refractivity contribution in [2.75, 3.05) is 33.4 Å². The predicted molar refractivity (Wildman–Crippen MR) is 148 cm³/mol. The van der Waals surface area contributed by atoms with Crippen LogP contribution in [0.1, 0.15) is 18.9 Å². The standard InChI is InChI=1S/C29H35N5O6/c1-20(35)29(38)34-13-6-16-40-25-18-22(9-10-24(25)39-2)27-30-11-14-33(27)15-12-31-28(37)23(32-26(36)19-34)17-21-7-4-3-5-8-21/h3-5,7-11,14,18,20,23,35H,6,12-13,15-17,19H2,1-2H3,(H,31,37)(H,32,36)/t20-,23+/m1/s1. The fraction of sp³-hybridized carbons (Fsp3) is 0.379. The number of ether oxygens (including phenoxy) is 2. The van der Waals surface area contributed by atoms with Crippen LogP contribution in [0.2, 0.25) is 0 Å². The van der Waals surface area contributed by atoms with E-state index in [0.29, 0.717) is 36.8 Å². The summed E-state index contributed by atoms with van der Waals surface area (Å²) in [7, 11) is 1.55. The third-order valence-corrected chi connectivity index (χ3v) is 6.56. The lowest BCUT2D eigenvalue weighted by molar-refractivity contribution is -0.143. The number of rotatable bonds is 4. The Labute approximate surface area is 233 Å². The maximum Gasteiger partial charge on any atom is 0.251 e. The molecule has 0 radical (unpaired) electrons. The molecule has 0 spiro atoms. The number of carbonyl (C=O) groups excluding carboxylic acids is 3. The molecule has 4 rings (SSSR count). The summed E-state index contributed by atoms with van der Waals surface area (Å²) >= 11 is 0. The molecule has 0 saturated carbocycles. The van der Waals surface area contributed by atoms with Gasteiger partial charge >= 0.3 is 0 Å². The van der Waals surface area contributed by atoms with Crippen LogP contribution >= 0.6 is 0 Å². The molecule has 0 unspecified atom stereocenters. The lowest BCUT2D eigenvalue weighted by Crippen LogP contribution is -2.52. The van der Waals surface area contributed by atoms with Crippen LogP contribution in [0.3, 0.4) is 0 Å². The number of nitrogens with one attached hydrogen (secondary N) is 2. The van der Waals surface area contributed by atoms with Crippen molar-refractivity contribution in [3.05, 3.63) is 66.5 Å². The molecule has 2 aromatic carbocycles. The number of imidazole rings is 1. The summed E-state index contributed by atoms with van der Waals surface area (Å²) in [5.74, 6) is 0.334. The molecule has 2 heterocycles. The Morgan fingerprint density at radius 1 is 1.20 bits per heavy atom. The molecule has 0 aliphatic carbocycles. The van der Waals surface area contributed by atoms with E-state index in [1.54, 1.807) is 19.4 Å². The molecule has 11 heteroatoms. The van der Waals surface area contributed by atoms with Gasteiger partial charge in [0.15, 0.2) is 11.5 Å². The zero-order chi connectivity index (χ0) is 28.5. The fourth-order valence-corrected chi connectivity index (χ4v) is 4.54. The van der Waals surface area contributed by atoms with Crippen LogP contribution in [0.5, 0.6) is 11.5 Å². The Balaban J connectivity index is 1.62. The first-order valence-corrected chi connectivity index (χ1v) is 13.3. The molecular formula is C29H35N5O6. The summed E-state index contributed by atoms with van der Waals surface area (Å²) in [4.78, 5) is 44.8. The first-order valence-electron chi connectivity index (χ1n) is 13.3. The van der Waals surface area contributed by atoms with Gasteiger partial charge in [-0.05, 0) is 37.1 Å². The zero-order valence-corrected chi connectivity index (χ0v) is 22.7. The number of benzene rings is 2. The molecule has 1 aromatic heterocycles. The van der Waals surface area contributed by atoms with Gasteiger partial charge < -0.3 is 34.7 Å². The lowest BCUT2D eigenvalue weighted by atomic mass is 10.1. The largest absolute Gasteiger partial charge is 0.493 e. The average molecular weight is 550 g/mol. The molecule has 2 atom stereocenters. The molecule has 3 N–H and O–H groups in total. The SMILES string of the molecule is COc1ccc2cc1OCCCN(C(=O)[C@@H](C)O)CC(=O)N[C@@H](Cc1ccccc1)C(=O)NCCn1ccnc1-2. The van der Waals surface area contributed by atoms with Crippen molar-refractivity contribution in [3.63, 3.8) is 0 Å². The first kappa shape index (κ1) is 28.6. The van der Waals surface area contributed by atoms with Gasteiger partial charge in [-0.3, -0.25) is 14.4 Å². The Morgan fingerprint density at radius 2 is 2.00 bits per heavy atom. The normalized spacial score (nSPS) is 17.8. The summed E-state index contributed by atoms with van der Waals surface area (Å²) < 4.78 is 13.4. The van der Waals surface area contributed by atoms with E-state index in [-0.39, 0.29) is 32.0 Å². The number of fused-ring (bicyclic) bond motifs is 4. The number of carbonyl (C=O) groups is 3. The molecule has 1 aliphatic heterocycles.